The number of nitrogens with zero attached hydrogens (tertiary/aromatic N) is 1. The zero-order valence-corrected chi connectivity index (χ0v) is 7.09. The molecule has 0 unspecified atom stereocenters. The van der Waals surface area contributed by atoms with Crippen molar-refractivity contribution in [3.8, 4) is 0 Å². The summed E-state index contributed by atoms with van der Waals surface area (Å²) in [6, 6.07) is 3.95. The SMILES string of the molecule is Fc1cccc(Nc2cn[nH]c2)c1F. The van der Waals surface area contributed by atoms with E-state index in [1.54, 1.807) is 6.20 Å². The van der Waals surface area contributed by atoms with Gasteiger partial charge in [0.2, 0.25) is 0 Å². The minimum atomic E-state index is -0.895. The standard InChI is InChI=1S/C9H7F2N3/c10-7-2-1-3-8(9(7)11)14-6-4-12-13-5-6/h1-5,14H,(H,12,13). The Morgan fingerprint density at radius 2 is 2.14 bits per heavy atom. The first-order chi connectivity index (χ1) is 6.77. The van der Waals surface area contributed by atoms with E-state index in [1.807, 2.05) is 0 Å². The van der Waals surface area contributed by atoms with Crippen LogP contribution in [0.25, 0.3) is 0 Å². The fourth-order valence-electron chi connectivity index (χ4n) is 1.08. The summed E-state index contributed by atoms with van der Waals surface area (Å²) in [5, 5.41) is 8.91. The topological polar surface area (TPSA) is 40.7 Å². The van der Waals surface area contributed by atoms with E-state index in [9.17, 15) is 8.78 Å². The third kappa shape index (κ3) is 1.56. The molecule has 0 bridgehead atoms. The zero-order valence-electron chi connectivity index (χ0n) is 7.09. The molecule has 14 heavy (non-hydrogen) atoms. The van der Waals surface area contributed by atoms with Gasteiger partial charge in [-0.25, -0.2) is 8.78 Å². The van der Waals surface area contributed by atoms with Crippen LogP contribution in [0.15, 0.2) is 30.6 Å². The lowest BCUT2D eigenvalue weighted by molar-refractivity contribution is 0.512. The number of H-pyrrole nitrogens is 1. The van der Waals surface area contributed by atoms with Crippen molar-refractivity contribution in [2.45, 2.75) is 0 Å². The Morgan fingerprint density at radius 1 is 1.29 bits per heavy atom. The summed E-state index contributed by atoms with van der Waals surface area (Å²) in [4.78, 5) is 0. The van der Waals surface area contributed by atoms with Crippen LogP contribution >= 0.6 is 0 Å². The van der Waals surface area contributed by atoms with Gasteiger partial charge in [-0.05, 0) is 12.1 Å². The largest absolute Gasteiger partial charge is 0.350 e. The summed E-state index contributed by atoms with van der Waals surface area (Å²) in [5.41, 5.74) is 0.668. The lowest BCUT2D eigenvalue weighted by atomic mass is 10.3. The number of aromatic amines is 1. The molecule has 0 aliphatic rings. The van der Waals surface area contributed by atoms with Crippen LogP contribution < -0.4 is 5.32 Å². The third-order valence-electron chi connectivity index (χ3n) is 1.73. The van der Waals surface area contributed by atoms with Crippen molar-refractivity contribution < 1.29 is 8.78 Å². The molecule has 3 nitrogen and oxygen atoms in total. The van der Waals surface area contributed by atoms with Crippen LogP contribution in [0.4, 0.5) is 20.2 Å². The number of hydrogen-bond donors (Lipinski definition) is 2. The van der Waals surface area contributed by atoms with E-state index < -0.39 is 11.6 Å². The molecule has 1 aromatic carbocycles. The average molecular weight is 195 g/mol. The van der Waals surface area contributed by atoms with Crippen molar-refractivity contribution in [2.24, 2.45) is 0 Å². The van der Waals surface area contributed by atoms with Crippen molar-refractivity contribution in [3.63, 3.8) is 0 Å². The molecule has 72 valence electrons. The summed E-state index contributed by atoms with van der Waals surface area (Å²) < 4.78 is 25.9. The molecular weight excluding hydrogens is 188 g/mol. The van der Waals surface area contributed by atoms with Gasteiger partial charge in [0.15, 0.2) is 11.6 Å². The van der Waals surface area contributed by atoms with Gasteiger partial charge in [-0.15, -0.1) is 0 Å². The van der Waals surface area contributed by atoms with Gasteiger partial charge in [0.25, 0.3) is 0 Å². The first-order valence-corrected chi connectivity index (χ1v) is 3.97. The third-order valence-corrected chi connectivity index (χ3v) is 1.73. The molecule has 0 saturated carbocycles. The Hall–Kier alpha value is -1.91. The number of aromatic nitrogens is 2. The Labute approximate surface area is 78.8 Å². The van der Waals surface area contributed by atoms with Crippen molar-refractivity contribution in [2.75, 3.05) is 5.32 Å². The fourth-order valence-corrected chi connectivity index (χ4v) is 1.08. The Morgan fingerprint density at radius 3 is 2.86 bits per heavy atom. The second kappa shape index (κ2) is 3.45. The van der Waals surface area contributed by atoms with E-state index in [4.69, 9.17) is 0 Å². The molecule has 2 N–H and O–H groups in total. The second-order valence-corrected chi connectivity index (χ2v) is 2.71. The van der Waals surface area contributed by atoms with Crippen LogP contribution in [0.1, 0.15) is 0 Å². The van der Waals surface area contributed by atoms with E-state index in [-0.39, 0.29) is 5.69 Å². The van der Waals surface area contributed by atoms with Gasteiger partial charge >= 0.3 is 0 Å². The van der Waals surface area contributed by atoms with Gasteiger partial charge in [-0.2, -0.15) is 5.10 Å². The second-order valence-electron chi connectivity index (χ2n) is 2.71. The van der Waals surface area contributed by atoms with Crippen molar-refractivity contribution in [1.82, 2.24) is 10.2 Å². The van der Waals surface area contributed by atoms with Crippen LogP contribution in [-0.2, 0) is 0 Å². The molecule has 0 atom stereocenters. The summed E-state index contributed by atoms with van der Waals surface area (Å²) in [6.45, 7) is 0. The van der Waals surface area contributed by atoms with Crippen molar-refractivity contribution in [1.29, 1.82) is 0 Å². The van der Waals surface area contributed by atoms with Crippen LogP contribution in [0.5, 0.6) is 0 Å². The Balaban J connectivity index is 2.29. The van der Waals surface area contributed by atoms with E-state index >= 15 is 0 Å². The molecule has 0 amide bonds. The first-order valence-electron chi connectivity index (χ1n) is 3.97. The highest BCUT2D eigenvalue weighted by atomic mass is 19.2. The van der Waals surface area contributed by atoms with E-state index in [2.05, 4.69) is 15.5 Å². The van der Waals surface area contributed by atoms with Gasteiger partial charge in [-0.1, -0.05) is 6.07 Å². The highest BCUT2D eigenvalue weighted by molar-refractivity contribution is 5.58. The highest BCUT2D eigenvalue weighted by Gasteiger charge is 2.07. The summed E-state index contributed by atoms with van der Waals surface area (Å²) in [7, 11) is 0. The monoisotopic (exact) mass is 195 g/mol. The van der Waals surface area contributed by atoms with E-state index in [0.29, 0.717) is 5.69 Å². The van der Waals surface area contributed by atoms with E-state index in [0.717, 1.165) is 6.07 Å². The molecular formula is C9H7F2N3. The van der Waals surface area contributed by atoms with Gasteiger partial charge in [0, 0.05) is 6.20 Å². The Kier molecular flexibility index (Phi) is 2.14. The maximum atomic E-state index is 13.1. The van der Waals surface area contributed by atoms with Crippen LogP contribution in [0, 0.1) is 11.6 Å². The maximum Gasteiger partial charge on any atom is 0.182 e. The number of hydrogen-bond acceptors (Lipinski definition) is 2. The van der Waals surface area contributed by atoms with Gasteiger partial charge in [0.05, 0.1) is 17.6 Å². The molecule has 0 aliphatic heterocycles. The number of anilines is 2. The maximum absolute atomic E-state index is 13.1. The minimum absolute atomic E-state index is 0.0893. The summed E-state index contributed by atoms with van der Waals surface area (Å²) in [5.74, 6) is -1.77. The predicted molar refractivity (Wildman–Crippen MR) is 48.2 cm³/mol. The molecule has 5 heteroatoms. The molecule has 0 aliphatic carbocycles. The number of benzene rings is 1. The van der Waals surface area contributed by atoms with Gasteiger partial charge < -0.3 is 5.32 Å². The van der Waals surface area contributed by atoms with Crippen molar-refractivity contribution >= 4 is 11.4 Å². The molecule has 0 fully saturated rings. The number of halogens is 2. The molecule has 0 spiro atoms. The smallest absolute Gasteiger partial charge is 0.182 e. The van der Waals surface area contributed by atoms with Crippen LogP contribution in [0.2, 0.25) is 0 Å². The van der Waals surface area contributed by atoms with Crippen LogP contribution in [-0.4, -0.2) is 10.2 Å². The average Bonchev–Trinajstić information content (AvgIpc) is 2.66. The van der Waals surface area contributed by atoms with Gasteiger partial charge in [-0.3, -0.25) is 5.10 Å². The first kappa shape index (κ1) is 8.68. The summed E-state index contributed by atoms with van der Waals surface area (Å²) >= 11 is 0. The fraction of sp³-hybridized carbons (Fsp3) is 0. The quantitative estimate of drug-likeness (QED) is 0.772. The van der Waals surface area contributed by atoms with Gasteiger partial charge in [0.1, 0.15) is 0 Å². The molecule has 0 saturated heterocycles. The molecule has 1 aromatic heterocycles. The summed E-state index contributed by atoms with van der Waals surface area (Å²) in [6.07, 6.45) is 3.02. The lowest BCUT2D eigenvalue weighted by Crippen LogP contribution is -1.94. The lowest BCUT2D eigenvalue weighted by Gasteiger charge is -2.04. The number of rotatable bonds is 2. The molecule has 1 heterocycles. The predicted octanol–water partition coefficient (Wildman–Crippen LogP) is 2.43. The van der Waals surface area contributed by atoms with Crippen LogP contribution in [0.3, 0.4) is 0 Å². The molecule has 0 radical (unpaired) electrons. The normalized spacial score (nSPS) is 10.1. The molecule has 2 rings (SSSR count). The van der Waals surface area contributed by atoms with Crippen molar-refractivity contribution in [3.05, 3.63) is 42.2 Å². The molecule has 2 aromatic rings. The zero-order chi connectivity index (χ0) is 9.97. The minimum Gasteiger partial charge on any atom is -0.350 e. The number of nitrogens with one attached hydrogen (secondary N) is 2. The highest BCUT2D eigenvalue weighted by Crippen LogP contribution is 2.20. The Bertz CT molecular complexity index is 426. The van der Waals surface area contributed by atoms with E-state index in [1.165, 1.54) is 18.3 Å².